The van der Waals surface area contributed by atoms with E-state index in [0.717, 1.165) is 16.9 Å². The highest BCUT2D eigenvalue weighted by Crippen LogP contribution is 2.18. The number of urea groups is 1. The third-order valence-electron chi connectivity index (χ3n) is 3.27. The number of ether oxygens (including phenoxy) is 1. The minimum Gasteiger partial charge on any atom is -0.496 e. The summed E-state index contributed by atoms with van der Waals surface area (Å²) in [4.78, 5) is 11.7. The molecule has 5 nitrogen and oxygen atoms in total. The summed E-state index contributed by atoms with van der Waals surface area (Å²) in [5.74, 6) is 1.09. The Bertz CT molecular complexity index is 461. The monoisotopic (exact) mass is 294 g/mol. The van der Waals surface area contributed by atoms with Crippen molar-refractivity contribution in [2.45, 2.75) is 39.8 Å². The van der Waals surface area contributed by atoms with Gasteiger partial charge in [0.15, 0.2) is 0 Å². The van der Waals surface area contributed by atoms with Crippen LogP contribution in [0.15, 0.2) is 18.2 Å². The average Bonchev–Trinajstić information content (AvgIpc) is 2.42. The summed E-state index contributed by atoms with van der Waals surface area (Å²) >= 11 is 0. The molecule has 1 aromatic carbocycles. The normalized spacial score (nSPS) is 13.4. The fourth-order valence-corrected chi connectivity index (χ4v) is 2.23. The fraction of sp³-hybridized carbons (Fsp3) is 0.562. The maximum absolute atomic E-state index is 11.7. The molecule has 0 aromatic heterocycles. The number of aliphatic hydroxyl groups is 1. The highest BCUT2D eigenvalue weighted by Gasteiger charge is 2.08. The van der Waals surface area contributed by atoms with E-state index in [9.17, 15) is 9.90 Å². The van der Waals surface area contributed by atoms with Crippen molar-refractivity contribution >= 4 is 6.03 Å². The van der Waals surface area contributed by atoms with Crippen molar-refractivity contribution < 1.29 is 14.6 Å². The third kappa shape index (κ3) is 6.49. The number of rotatable bonds is 7. The van der Waals surface area contributed by atoms with Gasteiger partial charge in [0.2, 0.25) is 0 Å². The first kappa shape index (κ1) is 17.3. The van der Waals surface area contributed by atoms with Gasteiger partial charge in [0.25, 0.3) is 0 Å². The molecule has 118 valence electrons. The first-order valence-corrected chi connectivity index (χ1v) is 7.25. The molecule has 1 rings (SSSR count). The second kappa shape index (κ2) is 8.52. The summed E-state index contributed by atoms with van der Waals surface area (Å²) in [5.41, 5.74) is 2.07. The highest BCUT2D eigenvalue weighted by molar-refractivity contribution is 5.73. The van der Waals surface area contributed by atoms with Crippen LogP contribution in [0, 0.1) is 12.8 Å². The fourth-order valence-electron chi connectivity index (χ4n) is 2.23. The second-order valence-corrected chi connectivity index (χ2v) is 5.56. The van der Waals surface area contributed by atoms with Crippen LogP contribution in [0.2, 0.25) is 0 Å². The molecule has 2 unspecified atom stereocenters. The minimum atomic E-state index is -0.341. The van der Waals surface area contributed by atoms with E-state index in [1.807, 2.05) is 32.0 Å². The number of benzene rings is 1. The number of methoxy groups -OCH3 is 1. The number of carbonyl (C=O) groups excluding carboxylic acids is 1. The Labute approximate surface area is 126 Å². The Morgan fingerprint density at radius 1 is 1.33 bits per heavy atom. The van der Waals surface area contributed by atoms with Gasteiger partial charge in [0, 0.05) is 13.1 Å². The molecular weight excluding hydrogens is 268 g/mol. The Hall–Kier alpha value is -1.75. The van der Waals surface area contributed by atoms with E-state index in [1.54, 1.807) is 14.0 Å². The molecule has 21 heavy (non-hydrogen) atoms. The Balaban J connectivity index is 2.34. The van der Waals surface area contributed by atoms with E-state index >= 15 is 0 Å². The standard InChI is InChI=1S/C16H26N2O3/c1-11(7-13(3)19)9-17-16(20)18-10-14-5-6-15(21-4)12(2)8-14/h5-6,8,11,13,19H,7,9-10H2,1-4H3,(H2,17,18,20). The maximum Gasteiger partial charge on any atom is 0.315 e. The lowest BCUT2D eigenvalue weighted by Gasteiger charge is -2.15. The molecule has 0 fully saturated rings. The summed E-state index contributed by atoms with van der Waals surface area (Å²) in [5, 5.41) is 14.9. The van der Waals surface area contributed by atoms with Crippen molar-refractivity contribution in [2.75, 3.05) is 13.7 Å². The van der Waals surface area contributed by atoms with Gasteiger partial charge in [-0.25, -0.2) is 4.79 Å². The van der Waals surface area contributed by atoms with Crippen LogP contribution in [0.4, 0.5) is 4.79 Å². The van der Waals surface area contributed by atoms with Crippen molar-refractivity contribution in [1.82, 2.24) is 10.6 Å². The molecule has 0 saturated carbocycles. The zero-order chi connectivity index (χ0) is 15.8. The van der Waals surface area contributed by atoms with Gasteiger partial charge in [-0.3, -0.25) is 0 Å². The number of hydrogen-bond acceptors (Lipinski definition) is 3. The average molecular weight is 294 g/mol. The Morgan fingerprint density at radius 3 is 2.62 bits per heavy atom. The van der Waals surface area contributed by atoms with Gasteiger partial charge in [0.1, 0.15) is 5.75 Å². The lowest BCUT2D eigenvalue weighted by Crippen LogP contribution is -2.37. The second-order valence-electron chi connectivity index (χ2n) is 5.56. The van der Waals surface area contributed by atoms with Crippen molar-refractivity contribution in [2.24, 2.45) is 5.92 Å². The highest BCUT2D eigenvalue weighted by atomic mass is 16.5. The first-order chi connectivity index (χ1) is 9.92. The van der Waals surface area contributed by atoms with Crippen molar-refractivity contribution in [3.8, 4) is 5.75 Å². The molecule has 0 aliphatic carbocycles. The van der Waals surface area contributed by atoms with Crippen LogP contribution in [-0.2, 0) is 6.54 Å². The molecule has 0 aliphatic rings. The number of carbonyl (C=O) groups is 1. The van der Waals surface area contributed by atoms with Gasteiger partial charge >= 0.3 is 6.03 Å². The Morgan fingerprint density at radius 2 is 2.05 bits per heavy atom. The molecule has 0 saturated heterocycles. The number of nitrogens with one attached hydrogen (secondary N) is 2. The van der Waals surface area contributed by atoms with Crippen LogP contribution in [0.1, 0.15) is 31.4 Å². The Kier molecular flexibility index (Phi) is 7.02. The van der Waals surface area contributed by atoms with Crippen LogP contribution in [0.5, 0.6) is 5.75 Å². The summed E-state index contributed by atoms with van der Waals surface area (Å²) in [7, 11) is 1.64. The molecular formula is C16H26N2O3. The van der Waals surface area contributed by atoms with Gasteiger partial charge in [-0.2, -0.15) is 0 Å². The molecule has 5 heteroatoms. The summed E-state index contributed by atoms with van der Waals surface area (Å²) in [6.07, 6.45) is 0.338. The summed E-state index contributed by atoms with van der Waals surface area (Å²) < 4.78 is 5.20. The molecule has 0 bridgehead atoms. The van der Waals surface area contributed by atoms with Gasteiger partial charge in [-0.15, -0.1) is 0 Å². The van der Waals surface area contributed by atoms with Crippen LogP contribution in [0.25, 0.3) is 0 Å². The summed E-state index contributed by atoms with van der Waals surface area (Å²) in [6.45, 7) is 6.75. The van der Waals surface area contributed by atoms with E-state index in [1.165, 1.54) is 0 Å². The molecule has 3 N–H and O–H groups in total. The number of hydrogen-bond donors (Lipinski definition) is 3. The van der Waals surface area contributed by atoms with Crippen LogP contribution >= 0.6 is 0 Å². The maximum atomic E-state index is 11.7. The molecule has 0 heterocycles. The van der Waals surface area contributed by atoms with E-state index in [4.69, 9.17) is 4.74 Å². The van der Waals surface area contributed by atoms with Crippen molar-refractivity contribution in [3.63, 3.8) is 0 Å². The lowest BCUT2D eigenvalue weighted by atomic mass is 10.1. The van der Waals surface area contributed by atoms with E-state index in [2.05, 4.69) is 10.6 Å². The number of aryl methyl sites for hydroxylation is 1. The molecule has 2 amide bonds. The first-order valence-electron chi connectivity index (χ1n) is 7.25. The molecule has 0 spiro atoms. The van der Waals surface area contributed by atoms with E-state index in [-0.39, 0.29) is 18.1 Å². The lowest BCUT2D eigenvalue weighted by molar-refractivity contribution is 0.163. The molecule has 0 radical (unpaired) electrons. The number of aliphatic hydroxyl groups excluding tert-OH is 1. The summed E-state index contributed by atoms with van der Waals surface area (Å²) in [6, 6.07) is 5.63. The van der Waals surface area contributed by atoms with Crippen LogP contribution in [-0.4, -0.2) is 30.9 Å². The topological polar surface area (TPSA) is 70.6 Å². The van der Waals surface area contributed by atoms with Crippen LogP contribution in [0.3, 0.4) is 0 Å². The van der Waals surface area contributed by atoms with Crippen LogP contribution < -0.4 is 15.4 Å². The van der Waals surface area contributed by atoms with Gasteiger partial charge < -0.3 is 20.5 Å². The van der Waals surface area contributed by atoms with Gasteiger partial charge in [0.05, 0.1) is 13.2 Å². The number of amides is 2. The molecule has 1 aromatic rings. The zero-order valence-electron chi connectivity index (χ0n) is 13.3. The quantitative estimate of drug-likeness (QED) is 0.722. The SMILES string of the molecule is COc1ccc(CNC(=O)NCC(C)CC(C)O)cc1C. The van der Waals surface area contributed by atoms with Crippen molar-refractivity contribution in [1.29, 1.82) is 0 Å². The zero-order valence-corrected chi connectivity index (χ0v) is 13.3. The minimum absolute atomic E-state index is 0.194. The predicted octanol–water partition coefficient (Wildman–Crippen LogP) is 2.21. The third-order valence-corrected chi connectivity index (χ3v) is 3.27. The molecule has 2 atom stereocenters. The van der Waals surface area contributed by atoms with Gasteiger partial charge in [-0.1, -0.05) is 19.1 Å². The van der Waals surface area contributed by atoms with E-state index < -0.39 is 0 Å². The molecule has 0 aliphatic heterocycles. The van der Waals surface area contributed by atoms with Gasteiger partial charge in [-0.05, 0) is 43.4 Å². The largest absolute Gasteiger partial charge is 0.496 e. The predicted molar refractivity (Wildman–Crippen MR) is 83.4 cm³/mol. The smallest absolute Gasteiger partial charge is 0.315 e. The van der Waals surface area contributed by atoms with E-state index in [0.29, 0.717) is 19.5 Å². The van der Waals surface area contributed by atoms with Crippen molar-refractivity contribution in [3.05, 3.63) is 29.3 Å².